The van der Waals surface area contributed by atoms with E-state index < -0.39 is 0 Å². The Balaban J connectivity index is 2.21. The van der Waals surface area contributed by atoms with E-state index in [4.69, 9.17) is 12.2 Å². The highest BCUT2D eigenvalue weighted by Gasteiger charge is 2.15. The second-order valence-electron chi connectivity index (χ2n) is 3.26. The van der Waals surface area contributed by atoms with Crippen LogP contribution in [0.5, 0.6) is 0 Å². The highest BCUT2D eigenvalue weighted by atomic mass is 127. The molecule has 12 heavy (non-hydrogen) atoms. The van der Waals surface area contributed by atoms with E-state index in [-0.39, 0.29) is 0 Å². The van der Waals surface area contributed by atoms with Gasteiger partial charge in [-0.1, -0.05) is 34.8 Å². The summed E-state index contributed by atoms with van der Waals surface area (Å²) in [5, 5.41) is 1.86. The van der Waals surface area contributed by atoms with E-state index in [0.29, 0.717) is 3.92 Å². The molecule has 0 aromatic rings. The molecule has 1 fully saturated rings. The maximum absolute atomic E-state index is 4.90. The summed E-state index contributed by atoms with van der Waals surface area (Å²) in [6.45, 7) is 5.90. The average molecular weight is 298 g/mol. The molecule has 1 saturated heterocycles. The molecule has 0 aromatic heterocycles. The van der Waals surface area contributed by atoms with Gasteiger partial charge in [-0.2, -0.15) is 0 Å². The van der Waals surface area contributed by atoms with E-state index in [9.17, 15) is 0 Å². The van der Waals surface area contributed by atoms with Gasteiger partial charge in [0.25, 0.3) is 0 Å². The molecule has 0 saturated carbocycles. The van der Waals surface area contributed by atoms with Crippen LogP contribution in [0.1, 0.15) is 0 Å². The van der Waals surface area contributed by atoms with Crippen molar-refractivity contribution >= 4 is 40.2 Å². The Hall–Kier alpha value is 0.740. The van der Waals surface area contributed by atoms with Crippen molar-refractivity contribution in [3.63, 3.8) is 0 Å². The topological polar surface area (TPSA) is 6.48 Å². The van der Waals surface area contributed by atoms with E-state index in [1.54, 1.807) is 0 Å². The van der Waals surface area contributed by atoms with Crippen molar-refractivity contribution in [2.24, 2.45) is 0 Å². The largest absolute Gasteiger partial charge is 0.304 e. The molecule has 0 aromatic carbocycles. The Morgan fingerprint density at radius 3 is 2.50 bits per heavy atom. The number of hydrogen-bond donors (Lipinski definition) is 0. The molecule has 0 bridgehead atoms. The van der Waals surface area contributed by atoms with Crippen LogP contribution in [0.25, 0.3) is 0 Å². The zero-order valence-electron chi connectivity index (χ0n) is 7.37. The fourth-order valence-electron chi connectivity index (χ4n) is 1.32. The molecule has 0 aliphatic carbocycles. The van der Waals surface area contributed by atoms with Crippen molar-refractivity contribution in [1.29, 1.82) is 0 Å². The van der Waals surface area contributed by atoms with Crippen molar-refractivity contribution in [3.8, 4) is 0 Å². The molecule has 1 atom stereocenters. The maximum atomic E-state index is 4.90. The quantitative estimate of drug-likeness (QED) is 0.437. The highest BCUT2D eigenvalue weighted by Crippen LogP contribution is 2.04. The zero-order valence-corrected chi connectivity index (χ0v) is 10.3. The van der Waals surface area contributed by atoms with Crippen molar-refractivity contribution in [3.05, 3.63) is 0 Å². The van der Waals surface area contributed by atoms with Gasteiger partial charge in [-0.15, -0.1) is 0 Å². The van der Waals surface area contributed by atoms with Crippen molar-refractivity contribution in [1.82, 2.24) is 9.80 Å². The first-order valence-corrected chi connectivity index (χ1v) is 5.94. The second-order valence-corrected chi connectivity index (χ2v) is 5.13. The number of piperazine rings is 1. The lowest BCUT2D eigenvalue weighted by Gasteiger charge is -2.32. The number of rotatable bonds is 3. The lowest BCUT2D eigenvalue weighted by atomic mass is 10.3. The normalized spacial score (nSPS) is 23.8. The van der Waals surface area contributed by atoms with E-state index >= 15 is 0 Å². The second kappa shape index (κ2) is 5.47. The molecule has 2 nitrogen and oxygen atoms in total. The van der Waals surface area contributed by atoms with E-state index in [0.717, 1.165) is 6.54 Å². The molecule has 1 rings (SSSR count). The molecule has 0 amide bonds. The fraction of sp³-hybridized carbons (Fsp3) is 0.875. The lowest BCUT2D eigenvalue weighted by Crippen LogP contribution is -2.46. The minimum absolute atomic E-state index is 0.529. The third kappa shape index (κ3) is 3.64. The van der Waals surface area contributed by atoms with Gasteiger partial charge in [0.1, 0.15) is 0 Å². The summed E-state index contributed by atoms with van der Waals surface area (Å²) in [4.78, 5) is 4.86. The summed E-state index contributed by atoms with van der Waals surface area (Å²) in [6.07, 6.45) is 0. The predicted octanol–water partition coefficient (Wildman–Crippen LogP) is 1.04. The molecule has 4 heteroatoms. The summed E-state index contributed by atoms with van der Waals surface area (Å²) < 4.78 is 0.529. The molecule has 1 heterocycles. The van der Waals surface area contributed by atoms with Crippen LogP contribution in [0.2, 0.25) is 0 Å². The first-order valence-electron chi connectivity index (χ1n) is 4.22. The molecular weight excluding hydrogens is 283 g/mol. The number of nitrogens with zero attached hydrogens (tertiary/aromatic N) is 2. The molecular formula is C8H15IN2S. The van der Waals surface area contributed by atoms with Gasteiger partial charge in [0.2, 0.25) is 0 Å². The van der Waals surface area contributed by atoms with Crippen molar-refractivity contribution in [2.75, 3.05) is 39.8 Å². The number of halogens is 1. The predicted molar refractivity (Wildman–Crippen MR) is 65.4 cm³/mol. The van der Waals surface area contributed by atoms with Gasteiger partial charge >= 0.3 is 0 Å². The highest BCUT2D eigenvalue weighted by molar-refractivity contribution is 14.1. The first kappa shape index (κ1) is 10.8. The number of thiocarbonyl (C=S) groups is 1. The summed E-state index contributed by atoms with van der Waals surface area (Å²) in [5.74, 6) is 0. The van der Waals surface area contributed by atoms with Gasteiger partial charge in [-0.3, -0.25) is 4.90 Å². The minimum atomic E-state index is 0.529. The SMILES string of the molecule is CN1CCN(CC(I)C=S)CC1. The van der Waals surface area contributed by atoms with Gasteiger partial charge in [0.15, 0.2) is 0 Å². The summed E-state index contributed by atoms with van der Waals surface area (Å²) in [5.41, 5.74) is 0. The Bertz CT molecular complexity index is 146. The van der Waals surface area contributed by atoms with Crippen molar-refractivity contribution in [2.45, 2.75) is 3.92 Å². The smallest absolute Gasteiger partial charge is 0.0519 e. The van der Waals surface area contributed by atoms with Crippen LogP contribution in [-0.4, -0.2) is 58.9 Å². The van der Waals surface area contributed by atoms with Crippen LogP contribution >= 0.6 is 34.8 Å². The van der Waals surface area contributed by atoms with Crippen molar-refractivity contribution < 1.29 is 0 Å². The third-order valence-electron chi connectivity index (χ3n) is 2.18. The summed E-state index contributed by atoms with van der Waals surface area (Å²) in [6, 6.07) is 0. The molecule has 0 N–H and O–H groups in total. The van der Waals surface area contributed by atoms with Gasteiger partial charge in [0.05, 0.1) is 3.92 Å². The van der Waals surface area contributed by atoms with Gasteiger partial charge < -0.3 is 4.90 Å². The number of alkyl halides is 1. The van der Waals surface area contributed by atoms with E-state index in [1.165, 1.54) is 26.2 Å². The molecule has 1 aliphatic heterocycles. The number of hydrogen-bond acceptors (Lipinski definition) is 3. The summed E-state index contributed by atoms with van der Waals surface area (Å²) >= 11 is 7.29. The van der Waals surface area contributed by atoms with Crippen LogP contribution in [0.4, 0.5) is 0 Å². The lowest BCUT2D eigenvalue weighted by molar-refractivity contribution is 0.159. The third-order valence-corrected chi connectivity index (χ3v) is 3.75. The van der Waals surface area contributed by atoms with Crippen LogP contribution in [0, 0.1) is 0 Å². The standard InChI is InChI=1S/C8H15IN2S/c1-10-2-4-11(5-3-10)6-8(9)7-12/h7-8H,2-6H2,1H3. The van der Waals surface area contributed by atoms with Crippen LogP contribution in [-0.2, 0) is 0 Å². The average Bonchev–Trinajstić information content (AvgIpc) is 2.09. The Kier molecular flexibility index (Phi) is 4.93. The zero-order chi connectivity index (χ0) is 8.97. The van der Waals surface area contributed by atoms with E-state index in [2.05, 4.69) is 39.4 Å². The monoisotopic (exact) mass is 298 g/mol. The van der Waals surface area contributed by atoms with Crippen LogP contribution < -0.4 is 0 Å². The van der Waals surface area contributed by atoms with Gasteiger partial charge in [-0.25, -0.2) is 0 Å². The number of likely N-dealkylation sites (N-methyl/N-ethyl adjacent to an activating group) is 1. The van der Waals surface area contributed by atoms with Crippen LogP contribution in [0.15, 0.2) is 0 Å². The molecule has 0 radical (unpaired) electrons. The van der Waals surface area contributed by atoms with E-state index in [1.807, 2.05) is 5.37 Å². The minimum Gasteiger partial charge on any atom is -0.304 e. The molecule has 1 unspecified atom stereocenters. The van der Waals surface area contributed by atoms with Crippen LogP contribution in [0.3, 0.4) is 0 Å². The maximum Gasteiger partial charge on any atom is 0.0519 e. The molecule has 1 aliphatic rings. The Morgan fingerprint density at radius 2 is 2.00 bits per heavy atom. The fourth-order valence-corrected chi connectivity index (χ4v) is 1.96. The summed E-state index contributed by atoms with van der Waals surface area (Å²) in [7, 11) is 2.18. The molecule has 70 valence electrons. The first-order chi connectivity index (χ1) is 5.72. The molecule has 0 spiro atoms. The Labute approximate surface area is 93.4 Å². The van der Waals surface area contributed by atoms with Gasteiger partial charge in [0, 0.05) is 32.7 Å². The van der Waals surface area contributed by atoms with Gasteiger partial charge in [-0.05, 0) is 12.4 Å². The Morgan fingerprint density at radius 1 is 1.42 bits per heavy atom.